The molecule has 0 aliphatic carbocycles. The zero-order valence-corrected chi connectivity index (χ0v) is 8.98. The lowest BCUT2D eigenvalue weighted by Crippen LogP contribution is -1.59. The highest BCUT2D eigenvalue weighted by atomic mass is 16.2. The Morgan fingerprint density at radius 1 is 0.818 bits per heavy atom. The zero-order chi connectivity index (χ0) is 9.54. The SMILES string of the molecule is CCC.CCCCC.CCO. The quantitative estimate of drug-likeness (QED) is 0.657. The zero-order valence-electron chi connectivity index (χ0n) is 8.98. The molecule has 72 valence electrons. The van der Waals surface area contributed by atoms with Crippen molar-refractivity contribution in [3.8, 4) is 0 Å². The van der Waals surface area contributed by atoms with Crippen molar-refractivity contribution in [1.82, 2.24) is 0 Å². The minimum absolute atomic E-state index is 0.250. The van der Waals surface area contributed by atoms with E-state index < -0.39 is 0 Å². The Kier molecular flexibility index (Phi) is 50.7. The molecule has 0 saturated carbocycles. The molecule has 0 saturated heterocycles. The van der Waals surface area contributed by atoms with Crippen LogP contribution >= 0.6 is 0 Å². The lowest BCUT2D eigenvalue weighted by atomic mass is 10.3. The lowest BCUT2D eigenvalue weighted by molar-refractivity contribution is 0.318. The van der Waals surface area contributed by atoms with Crippen LogP contribution in [-0.2, 0) is 0 Å². The monoisotopic (exact) mass is 162 g/mol. The number of aliphatic hydroxyl groups excluding tert-OH is 1. The van der Waals surface area contributed by atoms with Crippen molar-refractivity contribution in [3.05, 3.63) is 0 Å². The van der Waals surface area contributed by atoms with Crippen LogP contribution < -0.4 is 0 Å². The van der Waals surface area contributed by atoms with Crippen LogP contribution in [0.4, 0.5) is 0 Å². The van der Waals surface area contributed by atoms with Crippen molar-refractivity contribution in [3.63, 3.8) is 0 Å². The fourth-order valence-corrected chi connectivity index (χ4v) is 0.354. The van der Waals surface area contributed by atoms with Crippen LogP contribution in [0.15, 0.2) is 0 Å². The maximum absolute atomic E-state index is 7.57. The molecule has 0 spiro atoms. The molecule has 0 aromatic heterocycles. The summed E-state index contributed by atoms with van der Waals surface area (Å²) in [7, 11) is 0. The molecule has 0 aromatic rings. The summed E-state index contributed by atoms with van der Waals surface area (Å²) in [5.41, 5.74) is 0. The van der Waals surface area contributed by atoms with Crippen LogP contribution in [0.3, 0.4) is 0 Å². The second-order valence-corrected chi connectivity index (χ2v) is 2.38. The highest BCUT2D eigenvalue weighted by Crippen LogP contribution is 1.88. The highest BCUT2D eigenvalue weighted by Gasteiger charge is 1.68. The van der Waals surface area contributed by atoms with E-state index in [4.69, 9.17) is 5.11 Å². The van der Waals surface area contributed by atoms with Crippen molar-refractivity contribution in [2.45, 2.75) is 60.3 Å². The van der Waals surface area contributed by atoms with Crippen LogP contribution in [0.25, 0.3) is 0 Å². The van der Waals surface area contributed by atoms with Gasteiger partial charge >= 0.3 is 0 Å². The van der Waals surface area contributed by atoms with Gasteiger partial charge in [-0.2, -0.15) is 0 Å². The molecule has 0 fully saturated rings. The summed E-state index contributed by atoms with van der Waals surface area (Å²) in [6, 6.07) is 0. The summed E-state index contributed by atoms with van der Waals surface area (Å²) in [5.74, 6) is 0. The van der Waals surface area contributed by atoms with Crippen molar-refractivity contribution in [1.29, 1.82) is 0 Å². The van der Waals surface area contributed by atoms with Crippen LogP contribution in [0.2, 0.25) is 0 Å². The third-order valence-electron chi connectivity index (χ3n) is 0.707. The summed E-state index contributed by atoms with van der Waals surface area (Å²) in [6.07, 6.45) is 5.33. The molecular weight excluding hydrogens is 136 g/mol. The fourth-order valence-electron chi connectivity index (χ4n) is 0.354. The van der Waals surface area contributed by atoms with Crippen molar-refractivity contribution in [2.24, 2.45) is 0 Å². The van der Waals surface area contributed by atoms with E-state index in [1.54, 1.807) is 6.92 Å². The maximum Gasteiger partial charge on any atom is 0.0402 e. The van der Waals surface area contributed by atoms with E-state index in [1.165, 1.54) is 25.7 Å². The summed E-state index contributed by atoms with van der Waals surface area (Å²) in [5, 5.41) is 7.57. The van der Waals surface area contributed by atoms with Gasteiger partial charge in [0.2, 0.25) is 0 Å². The molecule has 0 bridgehead atoms. The van der Waals surface area contributed by atoms with E-state index in [9.17, 15) is 0 Å². The largest absolute Gasteiger partial charge is 0.397 e. The van der Waals surface area contributed by atoms with E-state index in [-0.39, 0.29) is 6.61 Å². The van der Waals surface area contributed by atoms with Crippen LogP contribution in [0, 0.1) is 0 Å². The molecule has 0 amide bonds. The van der Waals surface area contributed by atoms with Gasteiger partial charge in [0, 0.05) is 6.61 Å². The second-order valence-electron chi connectivity index (χ2n) is 2.38. The number of unbranched alkanes of at least 4 members (excludes halogenated alkanes) is 2. The van der Waals surface area contributed by atoms with Gasteiger partial charge in [-0.25, -0.2) is 0 Å². The lowest BCUT2D eigenvalue weighted by Gasteiger charge is -1.79. The first-order chi connectivity index (χ1) is 5.24. The van der Waals surface area contributed by atoms with Gasteiger partial charge in [-0.3, -0.25) is 0 Å². The summed E-state index contributed by atoms with van der Waals surface area (Å²) >= 11 is 0. The van der Waals surface area contributed by atoms with Gasteiger partial charge in [-0.15, -0.1) is 0 Å². The van der Waals surface area contributed by atoms with Crippen LogP contribution in [0.5, 0.6) is 0 Å². The first kappa shape index (κ1) is 17.2. The molecule has 0 heterocycles. The average Bonchev–Trinajstić information content (AvgIpc) is 1.92. The average molecular weight is 162 g/mol. The van der Waals surface area contributed by atoms with E-state index in [2.05, 4.69) is 27.7 Å². The van der Waals surface area contributed by atoms with E-state index in [0.29, 0.717) is 0 Å². The number of aliphatic hydroxyl groups is 1. The predicted molar refractivity (Wildman–Crippen MR) is 53.9 cm³/mol. The first-order valence-electron chi connectivity index (χ1n) is 4.85. The minimum atomic E-state index is 0.250. The predicted octanol–water partition coefficient (Wildman–Crippen LogP) is 3.61. The summed E-state index contributed by atoms with van der Waals surface area (Å²) < 4.78 is 0. The number of hydrogen-bond acceptors (Lipinski definition) is 1. The molecular formula is C10H26O. The van der Waals surface area contributed by atoms with Crippen LogP contribution in [0.1, 0.15) is 60.3 Å². The van der Waals surface area contributed by atoms with Crippen molar-refractivity contribution >= 4 is 0 Å². The minimum Gasteiger partial charge on any atom is -0.397 e. The second kappa shape index (κ2) is 32.5. The van der Waals surface area contributed by atoms with E-state index in [0.717, 1.165) is 0 Å². The molecule has 0 aromatic carbocycles. The Morgan fingerprint density at radius 2 is 1.00 bits per heavy atom. The Labute approximate surface area is 72.8 Å². The molecule has 0 unspecified atom stereocenters. The van der Waals surface area contributed by atoms with Gasteiger partial charge < -0.3 is 5.11 Å². The normalized spacial score (nSPS) is 7.09. The highest BCUT2D eigenvalue weighted by molar-refractivity contribution is 4.24. The molecule has 1 nitrogen and oxygen atoms in total. The molecule has 0 aliphatic heterocycles. The summed E-state index contributed by atoms with van der Waals surface area (Å²) in [4.78, 5) is 0. The fraction of sp³-hybridized carbons (Fsp3) is 1.00. The Balaban J connectivity index is -0.0000000933. The Bertz CT molecular complexity index is 24.1. The van der Waals surface area contributed by atoms with E-state index >= 15 is 0 Å². The smallest absolute Gasteiger partial charge is 0.0402 e. The van der Waals surface area contributed by atoms with Gasteiger partial charge in [0.25, 0.3) is 0 Å². The first-order valence-corrected chi connectivity index (χ1v) is 4.85. The van der Waals surface area contributed by atoms with Gasteiger partial charge in [-0.05, 0) is 6.92 Å². The third-order valence-corrected chi connectivity index (χ3v) is 0.707. The van der Waals surface area contributed by atoms with Gasteiger partial charge in [0.05, 0.1) is 0 Å². The van der Waals surface area contributed by atoms with Gasteiger partial charge in [-0.1, -0.05) is 53.4 Å². The standard InChI is InChI=1S/C5H12.C3H8.C2H6O/c1-3-5-4-2;1-3-2;1-2-3/h3-5H2,1-2H3;3H2,1-2H3;3H,2H2,1H3. The van der Waals surface area contributed by atoms with Crippen molar-refractivity contribution < 1.29 is 5.11 Å². The molecule has 1 heteroatoms. The van der Waals surface area contributed by atoms with Crippen LogP contribution in [-0.4, -0.2) is 11.7 Å². The van der Waals surface area contributed by atoms with Gasteiger partial charge in [0.1, 0.15) is 0 Å². The number of hydrogen-bond donors (Lipinski definition) is 1. The number of rotatable bonds is 2. The molecule has 0 aliphatic rings. The van der Waals surface area contributed by atoms with E-state index in [1.807, 2.05) is 0 Å². The molecule has 1 N–H and O–H groups in total. The maximum atomic E-state index is 7.57. The molecule has 0 radical (unpaired) electrons. The molecule has 0 rings (SSSR count). The van der Waals surface area contributed by atoms with Gasteiger partial charge in [0.15, 0.2) is 0 Å². The Hall–Kier alpha value is -0.0400. The Morgan fingerprint density at radius 3 is 1.00 bits per heavy atom. The van der Waals surface area contributed by atoms with Crippen molar-refractivity contribution in [2.75, 3.05) is 6.61 Å². The topological polar surface area (TPSA) is 20.2 Å². The third kappa shape index (κ3) is 164. The molecule has 11 heavy (non-hydrogen) atoms. The molecule has 0 atom stereocenters. The summed E-state index contributed by atoms with van der Waals surface area (Å²) in [6.45, 7) is 10.6.